The largest absolute Gasteiger partial charge is 0.298 e. The first-order valence-corrected chi connectivity index (χ1v) is 7.85. The molecule has 0 atom stereocenters. The van der Waals surface area contributed by atoms with Gasteiger partial charge in [-0.05, 0) is 42.1 Å². The Hall–Kier alpha value is -3.66. The number of benzene rings is 2. The summed E-state index contributed by atoms with van der Waals surface area (Å²) in [6, 6.07) is 10.6. The van der Waals surface area contributed by atoms with Crippen LogP contribution in [0.2, 0.25) is 0 Å². The average molecular weight is 388 g/mol. The van der Waals surface area contributed by atoms with Gasteiger partial charge >= 0.3 is 0 Å². The highest BCUT2D eigenvalue weighted by molar-refractivity contribution is 7.80. The van der Waals surface area contributed by atoms with Gasteiger partial charge in [0, 0.05) is 23.8 Å². The van der Waals surface area contributed by atoms with Gasteiger partial charge in [0.05, 0.1) is 4.92 Å². The second-order valence-electron chi connectivity index (χ2n) is 5.09. The molecule has 0 saturated heterocycles. The fourth-order valence-corrected chi connectivity index (χ4v) is 2.03. The molecule has 0 aliphatic carbocycles. The zero-order valence-corrected chi connectivity index (χ0v) is 14.5. The van der Waals surface area contributed by atoms with Crippen molar-refractivity contribution in [3.63, 3.8) is 0 Å². The molecule has 2 rings (SSSR count). The van der Waals surface area contributed by atoms with E-state index in [1.54, 1.807) is 0 Å². The van der Waals surface area contributed by atoms with E-state index >= 15 is 0 Å². The Bertz CT molecular complexity index is 915. The van der Waals surface area contributed by atoms with Crippen LogP contribution >= 0.6 is 12.2 Å². The SMILES string of the molecule is O=C(C=Cc1ccc(F)cc1)NC(=S)NNC(=O)c1cccc([N+](=O)[O-])c1. The van der Waals surface area contributed by atoms with Gasteiger partial charge in [-0.2, -0.15) is 0 Å². The highest BCUT2D eigenvalue weighted by Crippen LogP contribution is 2.12. The van der Waals surface area contributed by atoms with Crippen LogP contribution in [0.5, 0.6) is 0 Å². The summed E-state index contributed by atoms with van der Waals surface area (Å²) in [7, 11) is 0. The van der Waals surface area contributed by atoms with Gasteiger partial charge in [-0.25, -0.2) is 4.39 Å². The van der Waals surface area contributed by atoms with Gasteiger partial charge in [-0.1, -0.05) is 18.2 Å². The van der Waals surface area contributed by atoms with Gasteiger partial charge < -0.3 is 0 Å². The number of nitro benzene ring substituents is 1. The number of hydrazine groups is 1. The minimum atomic E-state index is -0.669. The second-order valence-corrected chi connectivity index (χ2v) is 5.50. The summed E-state index contributed by atoms with van der Waals surface area (Å²) in [5.74, 6) is -1.62. The van der Waals surface area contributed by atoms with E-state index in [0.717, 1.165) is 6.07 Å². The molecule has 0 unspecified atom stereocenters. The highest BCUT2D eigenvalue weighted by Gasteiger charge is 2.11. The van der Waals surface area contributed by atoms with Crippen LogP contribution < -0.4 is 16.2 Å². The molecule has 0 radical (unpaired) electrons. The van der Waals surface area contributed by atoms with Crippen LogP contribution in [0.25, 0.3) is 6.08 Å². The van der Waals surface area contributed by atoms with Crippen LogP contribution in [0, 0.1) is 15.9 Å². The smallest absolute Gasteiger partial charge is 0.270 e. The van der Waals surface area contributed by atoms with Gasteiger partial charge in [0.15, 0.2) is 5.11 Å². The number of thiocarbonyl (C=S) groups is 1. The molecule has 0 fully saturated rings. The average Bonchev–Trinajstić information content (AvgIpc) is 2.65. The molecule has 3 N–H and O–H groups in total. The minimum Gasteiger partial charge on any atom is -0.298 e. The number of rotatable bonds is 4. The number of nitrogens with zero attached hydrogens (tertiary/aromatic N) is 1. The van der Waals surface area contributed by atoms with Crippen LogP contribution in [0.4, 0.5) is 10.1 Å². The summed E-state index contributed by atoms with van der Waals surface area (Å²) in [5.41, 5.74) is 4.96. The van der Waals surface area contributed by atoms with Crippen molar-refractivity contribution in [3.05, 3.63) is 81.7 Å². The first-order chi connectivity index (χ1) is 12.8. The predicted molar refractivity (Wildman–Crippen MR) is 99.9 cm³/mol. The normalized spacial score (nSPS) is 10.3. The maximum atomic E-state index is 12.8. The van der Waals surface area contributed by atoms with Gasteiger partial charge in [-0.15, -0.1) is 0 Å². The lowest BCUT2D eigenvalue weighted by atomic mass is 10.2. The molecule has 2 amide bonds. The van der Waals surface area contributed by atoms with Gasteiger partial charge in [0.25, 0.3) is 11.6 Å². The van der Waals surface area contributed by atoms with Gasteiger partial charge in [0.2, 0.25) is 5.91 Å². The molecule has 0 aromatic heterocycles. The van der Waals surface area contributed by atoms with Crippen molar-refractivity contribution in [2.75, 3.05) is 0 Å². The zero-order chi connectivity index (χ0) is 19.8. The second kappa shape index (κ2) is 9.15. The fourth-order valence-electron chi connectivity index (χ4n) is 1.88. The Morgan fingerprint density at radius 1 is 1.11 bits per heavy atom. The molecular weight excluding hydrogens is 375 g/mol. The van der Waals surface area contributed by atoms with E-state index < -0.39 is 16.7 Å². The third-order valence-electron chi connectivity index (χ3n) is 3.14. The lowest BCUT2D eigenvalue weighted by Crippen LogP contribution is -2.48. The first kappa shape index (κ1) is 19.7. The van der Waals surface area contributed by atoms with Crippen LogP contribution in [0.15, 0.2) is 54.6 Å². The third kappa shape index (κ3) is 6.29. The van der Waals surface area contributed by atoms with Crippen molar-refractivity contribution in [2.45, 2.75) is 0 Å². The number of amides is 2. The molecule has 2 aromatic rings. The summed E-state index contributed by atoms with van der Waals surface area (Å²) in [5, 5.41) is 12.8. The van der Waals surface area contributed by atoms with Crippen molar-refractivity contribution in [3.8, 4) is 0 Å². The molecule has 10 heteroatoms. The number of hydrogen-bond acceptors (Lipinski definition) is 5. The van der Waals surface area contributed by atoms with Crippen molar-refractivity contribution >= 4 is 40.9 Å². The number of non-ortho nitro benzene ring substituents is 1. The number of nitrogens with one attached hydrogen (secondary N) is 3. The number of halogens is 1. The molecule has 0 aliphatic rings. The fraction of sp³-hybridized carbons (Fsp3) is 0. The Morgan fingerprint density at radius 3 is 2.48 bits per heavy atom. The summed E-state index contributed by atoms with van der Waals surface area (Å²) < 4.78 is 12.8. The van der Waals surface area contributed by atoms with Crippen molar-refractivity contribution in [2.24, 2.45) is 0 Å². The van der Waals surface area contributed by atoms with E-state index in [-0.39, 0.29) is 22.2 Å². The molecule has 0 bridgehead atoms. The van der Waals surface area contributed by atoms with Crippen molar-refractivity contribution in [1.82, 2.24) is 16.2 Å². The summed E-state index contributed by atoms with van der Waals surface area (Å²) in [4.78, 5) is 33.8. The predicted octanol–water partition coefficient (Wildman–Crippen LogP) is 2.08. The first-order valence-electron chi connectivity index (χ1n) is 7.44. The standard InChI is InChI=1S/C17H13FN4O4S/c18-13-7-4-11(5-8-13)6-9-15(23)19-17(27)21-20-16(24)12-2-1-3-14(10-12)22(25)26/h1-10H,(H,20,24)(H2,19,21,23,27). The molecule has 138 valence electrons. The quantitative estimate of drug-likeness (QED) is 0.320. The number of carbonyl (C=O) groups is 2. The van der Waals surface area contributed by atoms with E-state index in [4.69, 9.17) is 12.2 Å². The van der Waals surface area contributed by atoms with Crippen LogP contribution in [-0.4, -0.2) is 21.9 Å². The molecule has 0 heterocycles. The number of carbonyl (C=O) groups excluding carboxylic acids is 2. The monoisotopic (exact) mass is 388 g/mol. The van der Waals surface area contributed by atoms with Gasteiger partial charge in [-0.3, -0.25) is 35.9 Å². The Morgan fingerprint density at radius 2 is 1.81 bits per heavy atom. The lowest BCUT2D eigenvalue weighted by molar-refractivity contribution is -0.384. The van der Waals surface area contributed by atoms with E-state index in [1.807, 2.05) is 0 Å². The molecule has 27 heavy (non-hydrogen) atoms. The van der Waals surface area contributed by atoms with E-state index in [2.05, 4.69) is 16.2 Å². The molecule has 0 saturated carbocycles. The highest BCUT2D eigenvalue weighted by atomic mass is 32.1. The topological polar surface area (TPSA) is 113 Å². The Kier molecular flexibility index (Phi) is 6.67. The molecule has 0 aliphatic heterocycles. The summed E-state index contributed by atoms with van der Waals surface area (Å²) in [6.45, 7) is 0. The van der Waals surface area contributed by atoms with Crippen molar-refractivity contribution in [1.29, 1.82) is 0 Å². The number of nitro groups is 1. The molecule has 0 spiro atoms. The third-order valence-corrected chi connectivity index (χ3v) is 3.35. The summed E-state index contributed by atoms with van der Waals surface area (Å²) in [6.07, 6.45) is 2.64. The number of hydrogen-bond donors (Lipinski definition) is 3. The lowest BCUT2D eigenvalue weighted by Gasteiger charge is -2.09. The van der Waals surface area contributed by atoms with Crippen LogP contribution in [0.3, 0.4) is 0 Å². The summed E-state index contributed by atoms with van der Waals surface area (Å²) >= 11 is 4.86. The Balaban J connectivity index is 1.83. The van der Waals surface area contributed by atoms with E-state index in [0.29, 0.717) is 5.56 Å². The molecule has 8 nitrogen and oxygen atoms in total. The maximum absolute atomic E-state index is 12.8. The van der Waals surface area contributed by atoms with Crippen LogP contribution in [0.1, 0.15) is 15.9 Å². The maximum Gasteiger partial charge on any atom is 0.270 e. The van der Waals surface area contributed by atoms with E-state index in [1.165, 1.54) is 54.6 Å². The Labute approximate surface area is 158 Å². The minimum absolute atomic E-state index is 0.0435. The molecule has 2 aromatic carbocycles. The van der Waals surface area contributed by atoms with Crippen LogP contribution in [-0.2, 0) is 4.79 Å². The van der Waals surface area contributed by atoms with Crippen molar-refractivity contribution < 1.29 is 18.9 Å². The zero-order valence-electron chi connectivity index (χ0n) is 13.6. The van der Waals surface area contributed by atoms with E-state index in [9.17, 15) is 24.1 Å². The van der Waals surface area contributed by atoms with Gasteiger partial charge in [0.1, 0.15) is 5.82 Å². The molecular formula is C17H13FN4O4S.